The van der Waals surface area contributed by atoms with Crippen molar-refractivity contribution >= 4 is 17.8 Å². The van der Waals surface area contributed by atoms with Crippen LogP contribution in [0.25, 0.3) is 27.6 Å². The number of halogens is 3. The third-order valence-electron chi connectivity index (χ3n) is 7.87. The molecule has 1 saturated heterocycles. The van der Waals surface area contributed by atoms with E-state index in [-0.39, 0.29) is 23.7 Å². The summed E-state index contributed by atoms with van der Waals surface area (Å²) in [4.78, 5) is 47.2. The molecule has 0 radical (unpaired) electrons. The van der Waals surface area contributed by atoms with Crippen LogP contribution >= 0.6 is 0 Å². The number of rotatable bonds is 7. The van der Waals surface area contributed by atoms with Crippen molar-refractivity contribution in [3.63, 3.8) is 0 Å². The number of carbonyl (C=O) groups is 2. The number of aromatic nitrogens is 4. The molecule has 1 fully saturated rings. The number of imidazole rings is 1. The number of nitrogens with zero attached hydrogens (tertiary/aromatic N) is 7. The monoisotopic (exact) mass is 650 g/mol. The van der Waals surface area contributed by atoms with Crippen LogP contribution in [0.5, 0.6) is 0 Å². The Morgan fingerprint density at radius 2 is 1.79 bits per heavy atom. The van der Waals surface area contributed by atoms with Gasteiger partial charge >= 0.3 is 24.0 Å². The van der Waals surface area contributed by atoms with Crippen LogP contribution in [0.3, 0.4) is 0 Å². The van der Waals surface area contributed by atoms with Crippen LogP contribution in [0.1, 0.15) is 24.1 Å². The molecule has 246 valence electrons. The van der Waals surface area contributed by atoms with Gasteiger partial charge in [0.25, 0.3) is 0 Å². The van der Waals surface area contributed by atoms with E-state index in [1.54, 1.807) is 42.2 Å². The summed E-state index contributed by atoms with van der Waals surface area (Å²) in [5, 5.41) is 7.25. The summed E-state index contributed by atoms with van der Waals surface area (Å²) >= 11 is 0. The van der Waals surface area contributed by atoms with E-state index in [9.17, 15) is 27.6 Å². The van der Waals surface area contributed by atoms with Crippen LogP contribution in [0.4, 0.5) is 28.4 Å². The molecule has 2 aromatic carbocycles. The molecule has 3 heterocycles. The number of nitrogens with one attached hydrogen (secondary N) is 1. The fraction of sp³-hybridized carbons (Fsp3) is 0.344. The van der Waals surface area contributed by atoms with Crippen LogP contribution in [0.2, 0.25) is 0 Å². The van der Waals surface area contributed by atoms with E-state index < -0.39 is 35.6 Å². The first-order valence-electron chi connectivity index (χ1n) is 14.8. The van der Waals surface area contributed by atoms with Crippen molar-refractivity contribution < 1.29 is 27.5 Å². The standard InChI is InChI=1S/C32H33F3N8O4/c1-21-28(27-12-15-37-43(27)25-10-8-23(36-2)9-11-25)42(30(45)41(21)26-7-5-6-22(20-26)32(33,34)35)29(44)38-24-13-16-40(17-14-24)31(46)47-19-18-39(3)4/h5-12,15,20,24H,13-14,16-19H2,1,3-4H3,(H,38,44). The molecule has 15 heteroatoms. The zero-order chi connectivity index (χ0) is 33.9. The Bertz CT molecular complexity index is 1860. The van der Waals surface area contributed by atoms with Gasteiger partial charge < -0.3 is 19.9 Å². The smallest absolute Gasteiger partial charge is 0.416 e. The number of ether oxygens (including phenoxy) is 1. The summed E-state index contributed by atoms with van der Waals surface area (Å²) in [7, 11) is 3.74. The quantitative estimate of drug-likeness (QED) is 0.279. The molecule has 0 saturated carbocycles. The summed E-state index contributed by atoms with van der Waals surface area (Å²) in [6, 6.07) is 11.2. The minimum absolute atomic E-state index is 0.0660. The minimum atomic E-state index is -4.65. The van der Waals surface area contributed by atoms with Gasteiger partial charge in [-0.2, -0.15) is 18.3 Å². The van der Waals surface area contributed by atoms with Crippen LogP contribution in [-0.2, 0) is 10.9 Å². The average molecular weight is 651 g/mol. The van der Waals surface area contributed by atoms with E-state index in [4.69, 9.17) is 11.3 Å². The topological polar surface area (TPSA) is 111 Å². The van der Waals surface area contributed by atoms with Gasteiger partial charge in [-0.05, 0) is 70.3 Å². The Hall–Kier alpha value is -5.36. The zero-order valence-electron chi connectivity index (χ0n) is 26.0. The van der Waals surface area contributed by atoms with Crippen LogP contribution in [0, 0.1) is 13.5 Å². The predicted octanol–water partition coefficient (Wildman–Crippen LogP) is 5.09. The van der Waals surface area contributed by atoms with E-state index >= 15 is 0 Å². The Labute approximate surface area is 268 Å². The Morgan fingerprint density at radius 1 is 1.09 bits per heavy atom. The number of amides is 2. The van der Waals surface area contributed by atoms with Crippen LogP contribution in [0.15, 0.2) is 65.6 Å². The number of carbonyl (C=O) groups excluding carboxylic acids is 2. The molecular weight excluding hydrogens is 617 g/mol. The average Bonchev–Trinajstić information content (AvgIpc) is 3.62. The van der Waals surface area contributed by atoms with Gasteiger partial charge in [0.15, 0.2) is 5.69 Å². The molecular formula is C32H33F3N8O4. The van der Waals surface area contributed by atoms with Crippen molar-refractivity contribution in [2.45, 2.75) is 32.0 Å². The van der Waals surface area contributed by atoms with Gasteiger partial charge in [-0.3, -0.25) is 4.57 Å². The molecule has 0 spiro atoms. The second-order valence-electron chi connectivity index (χ2n) is 11.3. The fourth-order valence-electron chi connectivity index (χ4n) is 5.43. The highest BCUT2D eigenvalue weighted by Gasteiger charge is 2.33. The molecule has 0 aliphatic carbocycles. The summed E-state index contributed by atoms with van der Waals surface area (Å²) in [6.45, 7) is 10.3. The normalized spacial score (nSPS) is 13.9. The van der Waals surface area contributed by atoms with Crippen LogP contribution in [-0.4, -0.2) is 87.2 Å². The highest BCUT2D eigenvalue weighted by molar-refractivity contribution is 5.83. The van der Waals surface area contributed by atoms with E-state index in [1.807, 2.05) is 19.0 Å². The van der Waals surface area contributed by atoms with E-state index in [0.29, 0.717) is 49.5 Å². The maximum Gasteiger partial charge on any atom is 0.416 e. The summed E-state index contributed by atoms with van der Waals surface area (Å²) < 4.78 is 49.6. The first-order chi connectivity index (χ1) is 22.4. The lowest BCUT2D eigenvalue weighted by Gasteiger charge is -2.31. The van der Waals surface area contributed by atoms with Gasteiger partial charge in [-0.1, -0.05) is 18.2 Å². The lowest BCUT2D eigenvalue weighted by atomic mass is 10.1. The Kier molecular flexibility index (Phi) is 9.52. The molecule has 47 heavy (non-hydrogen) atoms. The maximum absolute atomic E-state index is 14.0. The van der Waals surface area contributed by atoms with Gasteiger partial charge in [0, 0.05) is 25.7 Å². The molecule has 2 aromatic heterocycles. The molecule has 2 amide bonds. The predicted molar refractivity (Wildman–Crippen MR) is 167 cm³/mol. The maximum atomic E-state index is 14.0. The van der Waals surface area contributed by atoms with Crippen molar-refractivity contribution in [3.05, 3.63) is 94.0 Å². The molecule has 1 aliphatic heterocycles. The molecule has 1 N–H and O–H groups in total. The molecule has 12 nitrogen and oxygen atoms in total. The van der Waals surface area contributed by atoms with Gasteiger partial charge in [-0.15, -0.1) is 0 Å². The number of likely N-dealkylation sites (tertiary alicyclic amines) is 1. The van der Waals surface area contributed by atoms with E-state index in [2.05, 4.69) is 15.3 Å². The Balaban J connectivity index is 1.50. The van der Waals surface area contributed by atoms with Crippen molar-refractivity contribution in [2.24, 2.45) is 0 Å². The number of alkyl halides is 3. The molecule has 0 bridgehead atoms. The lowest BCUT2D eigenvalue weighted by molar-refractivity contribution is -0.137. The molecule has 1 aliphatic rings. The second kappa shape index (κ2) is 13.6. The van der Waals surface area contributed by atoms with Crippen molar-refractivity contribution in [3.8, 4) is 22.8 Å². The van der Waals surface area contributed by atoms with Gasteiger partial charge in [0.05, 0.1) is 41.1 Å². The highest BCUT2D eigenvalue weighted by Crippen LogP contribution is 2.32. The SMILES string of the molecule is [C-]#[N+]c1ccc(-n2nccc2-c2c(C)n(-c3cccc(C(F)(F)F)c3)c(=O)n2C(=O)NC2CCN(C(=O)OCCN(C)C)CC2)cc1. The van der Waals surface area contributed by atoms with Crippen molar-refractivity contribution in [2.75, 3.05) is 40.3 Å². The first-order valence-corrected chi connectivity index (χ1v) is 14.8. The lowest BCUT2D eigenvalue weighted by Crippen LogP contribution is -2.49. The molecule has 0 atom stereocenters. The van der Waals surface area contributed by atoms with Crippen molar-refractivity contribution in [1.29, 1.82) is 0 Å². The third kappa shape index (κ3) is 7.07. The molecule has 5 rings (SSSR count). The first kappa shape index (κ1) is 33.0. The minimum Gasteiger partial charge on any atom is -0.448 e. The number of piperidine rings is 1. The van der Waals surface area contributed by atoms with E-state index in [0.717, 1.165) is 21.3 Å². The number of benzene rings is 2. The molecule has 0 unspecified atom stereocenters. The summed E-state index contributed by atoms with van der Waals surface area (Å²) in [6.07, 6.45) is -2.82. The highest BCUT2D eigenvalue weighted by atomic mass is 19.4. The zero-order valence-corrected chi connectivity index (χ0v) is 26.0. The number of hydrogen-bond donors (Lipinski definition) is 1. The van der Waals surface area contributed by atoms with E-state index in [1.165, 1.54) is 23.0 Å². The summed E-state index contributed by atoms with van der Waals surface area (Å²) in [5.41, 5.74) is -0.288. The Morgan fingerprint density at radius 3 is 2.43 bits per heavy atom. The third-order valence-corrected chi connectivity index (χ3v) is 7.87. The van der Waals surface area contributed by atoms with Crippen LogP contribution < -0.4 is 11.0 Å². The number of likely N-dealkylation sites (N-methyl/N-ethyl adjacent to an activating group) is 1. The summed E-state index contributed by atoms with van der Waals surface area (Å²) in [5.74, 6) is 0. The molecule has 4 aromatic rings. The number of hydrogen-bond acceptors (Lipinski definition) is 6. The fourth-order valence-corrected chi connectivity index (χ4v) is 5.43. The van der Waals surface area contributed by atoms with Gasteiger partial charge in [0.1, 0.15) is 12.3 Å². The van der Waals surface area contributed by atoms with Crippen molar-refractivity contribution in [1.82, 2.24) is 34.0 Å². The largest absolute Gasteiger partial charge is 0.448 e. The van der Waals surface area contributed by atoms with Gasteiger partial charge in [0.2, 0.25) is 0 Å². The van der Waals surface area contributed by atoms with Gasteiger partial charge in [-0.25, -0.2) is 28.5 Å². The second-order valence-corrected chi connectivity index (χ2v) is 11.3.